The van der Waals surface area contributed by atoms with E-state index < -0.39 is 0 Å². The van der Waals surface area contributed by atoms with E-state index in [0.717, 1.165) is 29.9 Å². The summed E-state index contributed by atoms with van der Waals surface area (Å²) in [6.45, 7) is 0.646. The minimum absolute atomic E-state index is 0.0694. The highest BCUT2D eigenvalue weighted by atomic mass is 16.1. The topological polar surface area (TPSA) is 72.2 Å². The van der Waals surface area contributed by atoms with E-state index in [9.17, 15) is 4.79 Å². The molecule has 6 heteroatoms. The van der Waals surface area contributed by atoms with Crippen LogP contribution in [0.1, 0.15) is 24.2 Å². The van der Waals surface area contributed by atoms with Crippen molar-refractivity contribution in [2.24, 2.45) is 0 Å². The predicted molar refractivity (Wildman–Crippen MR) is 86.9 cm³/mol. The third kappa shape index (κ3) is 4.12. The Hall–Kier alpha value is -2.76. The minimum Gasteiger partial charge on any atom is -0.356 e. The molecule has 118 valence electrons. The van der Waals surface area contributed by atoms with Gasteiger partial charge < -0.3 is 5.32 Å². The van der Waals surface area contributed by atoms with Crippen LogP contribution in [0.15, 0.2) is 48.9 Å². The number of aryl methyl sites for hydroxylation is 2. The highest BCUT2D eigenvalue weighted by Crippen LogP contribution is 2.05. The first-order valence-electron chi connectivity index (χ1n) is 7.77. The van der Waals surface area contributed by atoms with Crippen LogP contribution in [0, 0.1) is 0 Å². The summed E-state index contributed by atoms with van der Waals surface area (Å²) in [5, 5.41) is 11.2. The summed E-state index contributed by atoms with van der Waals surface area (Å²) >= 11 is 0. The summed E-state index contributed by atoms with van der Waals surface area (Å²) in [5.74, 6) is 0.991. The Kier molecular flexibility index (Phi) is 4.93. The van der Waals surface area contributed by atoms with Crippen molar-refractivity contribution in [3.63, 3.8) is 0 Å². The van der Waals surface area contributed by atoms with Crippen molar-refractivity contribution < 1.29 is 4.79 Å². The molecule has 3 aromatic rings. The standard InChI is InChI=1S/C17H19N5O/c23-17(9-8-14-5-3-10-18-13-14)19-11-4-7-16-21-20-15-6-1-2-12-22(15)16/h1-3,5-6,10,12-13H,4,7-9,11H2,(H,19,23). The number of nitrogens with zero attached hydrogens (tertiary/aromatic N) is 4. The van der Waals surface area contributed by atoms with Gasteiger partial charge >= 0.3 is 0 Å². The maximum Gasteiger partial charge on any atom is 0.220 e. The number of carbonyl (C=O) groups excluding carboxylic acids is 1. The fourth-order valence-corrected chi connectivity index (χ4v) is 2.43. The molecule has 0 saturated heterocycles. The summed E-state index contributed by atoms with van der Waals surface area (Å²) in [6, 6.07) is 9.69. The van der Waals surface area contributed by atoms with E-state index in [4.69, 9.17) is 0 Å². The minimum atomic E-state index is 0.0694. The molecule has 23 heavy (non-hydrogen) atoms. The molecule has 3 aromatic heterocycles. The molecule has 0 bridgehead atoms. The number of rotatable bonds is 7. The third-order valence-corrected chi connectivity index (χ3v) is 3.65. The van der Waals surface area contributed by atoms with Gasteiger partial charge in [-0.1, -0.05) is 12.1 Å². The van der Waals surface area contributed by atoms with Gasteiger partial charge in [-0.15, -0.1) is 10.2 Å². The zero-order valence-electron chi connectivity index (χ0n) is 12.9. The van der Waals surface area contributed by atoms with Gasteiger partial charge in [0.05, 0.1) is 0 Å². The SMILES string of the molecule is O=C(CCc1cccnc1)NCCCc1nnc2ccccn12. The van der Waals surface area contributed by atoms with Gasteiger partial charge in [-0.2, -0.15) is 0 Å². The van der Waals surface area contributed by atoms with Gasteiger partial charge in [0.15, 0.2) is 5.65 Å². The van der Waals surface area contributed by atoms with Crippen LogP contribution in [-0.2, 0) is 17.6 Å². The highest BCUT2D eigenvalue weighted by Gasteiger charge is 2.05. The van der Waals surface area contributed by atoms with E-state index in [1.165, 1.54) is 0 Å². The van der Waals surface area contributed by atoms with Crippen molar-refractivity contribution >= 4 is 11.6 Å². The number of aromatic nitrogens is 4. The fourth-order valence-electron chi connectivity index (χ4n) is 2.43. The second kappa shape index (κ2) is 7.49. The van der Waals surface area contributed by atoms with Gasteiger partial charge in [-0.05, 0) is 36.6 Å². The second-order valence-corrected chi connectivity index (χ2v) is 5.36. The largest absolute Gasteiger partial charge is 0.356 e. The molecular formula is C17H19N5O. The smallest absolute Gasteiger partial charge is 0.220 e. The van der Waals surface area contributed by atoms with E-state index >= 15 is 0 Å². The quantitative estimate of drug-likeness (QED) is 0.676. The number of nitrogens with one attached hydrogen (secondary N) is 1. The van der Waals surface area contributed by atoms with Crippen LogP contribution in [0.5, 0.6) is 0 Å². The first-order valence-corrected chi connectivity index (χ1v) is 7.77. The average molecular weight is 309 g/mol. The lowest BCUT2D eigenvalue weighted by atomic mass is 10.1. The molecule has 0 radical (unpaired) electrons. The van der Waals surface area contributed by atoms with Gasteiger partial charge in [0.1, 0.15) is 5.82 Å². The molecule has 0 aliphatic carbocycles. The zero-order valence-corrected chi connectivity index (χ0v) is 12.9. The Morgan fingerprint density at radius 2 is 2.09 bits per heavy atom. The number of pyridine rings is 2. The molecule has 1 N–H and O–H groups in total. The summed E-state index contributed by atoms with van der Waals surface area (Å²) in [6.07, 6.45) is 8.31. The van der Waals surface area contributed by atoms with Crippen molar-refractivity contribution in [3.8, 4) is 0 Å². The molecule has 0 spiro atoms. The van der Waals surface area contributed by atoms with Crippen LogP contribution in [0.3, 0.4) is 0 Å². The van der Waals surface area contributed by atoms with Crippen LogP contribution < -0.4 is 5.32 Å². The Bertz CT molecular complexity index is 769. The summed E-state index contributed by atoms with van der Waals surface area (Å²) < 4.78 is 1.98. The van der Waals surface area contributed by atoms with Crippen molar-refractivity contribution in [1.29, 1.82) is 0 Å². The van der Waals surface area contributed by atoms with Gasteiger partial charge in [0.2, 0.25) is 5.91 Å². The second-order valence-electron chi connectivity index (χ2n) is 5.36. The van der Waals surface area contributed by atoms with Gasteiger partial charge in [-0.3, -0.25) is 14.2 Å². The molecule has 0 aliphatic rings. The normalized spacial score (nSPS) is 10.8. The number of carbonyl (C=O) groups is 1. The van der Waals surface area contributed by atoms with Gasteiger partial charge in [0.25, 0.3) is 0 Å². The van der Waals surface area contributed by atoms with Crippen molar-refractivity contribution in [3.05, 3.63) is 60.3 Å². The number of fused-ring (bicyclic) bond motifs is 1. The lowest BCUT2D eigenvalue weighted by Crippen LogP contribution is -2.25. The Morgan fingerprint density at radius 3 is 2.96 bits per heavy atom. The molecule has 0 aliphatic heterocycles. The van der Waals surface area contributed by atoms with Crippen molar-refractivity contribution in [1.82, 2.24) is 24.9 Å². The predicted octanol–water partition coefficient (Wildman–Crippen LogP) is 1.81. The maximum atomic E-state index is 11.8. The van der Waals surface area contributed by atoms with Crippen LogP contribution in [0.2, 0.25) is 0 Å². The third-order valence-electron chi connectivity index (χ3n) is 3.65. The van der Waals surface area contributed by atoms with Crippen molar-refractivity contribution in [2.75, 3.05) is 6.54 Å². The lowest BCUT2D eigenvalue weighted by Gasteiger charge is -2.05. The van der Waals surface area contributed by atoms with Gasteiger partial charge in [-0.25, -0.2) is 0 Å². The summed E-state index contributed by atoms with van der Waals surface area (Å²) in [7, 11) is 0. The van der Waals surface area contributed by atoms with Crippen LogP contribution in [0.25, 0.3) is 5.65 Å². The molecule has 0 unspecified atom stereocenters. The Morgan fingerprint density at radius 1 is 1.13 bits per heavy atom. The molecule has 0 aromatic carbocycles. The molecule has 1 amide bonds. The monoisotopic (exact) mass is 309 g/mol. The lowest BCUT2D eigenvalue weighted by molar-refractivity contribution is -0.121. The van der Waals surface area contributed by atoms with Gasteiger partial charge in [0, 0.05) is 38.0 Å². The first kappa shape index (κ1) is 15.1. The molecule has 0 fully saturated rings. The molecule has 3 heterocycles. The summed E-state index contributed by atoms with van der Waals surface area (Å²) in [5.41, 5.74) is 1.93. The fraction of sp³-hybridized carbons (Fsp3) is 0.294. The summed E-state index contributed by atoms with van der Waals surface area (Å²) in [4.78, 5) is 15.9. The maximum absolute atomic E-state index is 11.8. The molecule has 6 nitrogen and oxygen atoms in total. The Labute approximate surface area is 134 Å². The molecule has 0 atom stereocenters. The van der Waals surface area contributed by atoms with Crippen LogP contribution in [-0.4, -0.2) is 32.0 Å². The van der Waals surface area contributed by atoms with Crippen LogP contribution >= 0.6 is 0 Å². The van der Waals surface area contributed by atoms with E-state index in [-0.39, 0.29) is 5.91 Å². The highest BCUT2D eigenvalue weighted by molar-refractivity contribution is 5.76. The molecule has 0 saturated carbocycles. The van der Waals surface area contributed by atoms with E-state index in [1.807, 2.05) is 40.9 Å². The number of hydrogen-bond acceptors (Lipinski definition) is 4. The zero-order chi connectivity index (χ0) is 15.9. The van der Waals surface area contributed by atoms with E-state index in [2.05, 4.69) is 20.5 Å². The molecular weight excluding hydrogens is 290 g/mol. The molecule has 3 rings (SSSR count). The van der Waals surface area contributed by atoms with Crippen molar-refractivity contribution in [2.45, 2.75) is 25.7 Å². The van der Waals surface area contributed by atoms with Crippen LogP contribution in [0.4, 0.5) is 0 Å². The number of amides is 1. The number of hydrogen-bond donors (Lipinski definition) is 1. The van der Waals surface area contributed by atoms with E-state index in [1.54, 1.807) is 12.4 Å². The average Bonchev–Trinajstić information content (AvgIpc) is 3.01. The van der Waals surface area contributed by atoms with E-state index in [0.29, 0.717) is 19.4 Å². The Balaban J connectivity index is 1.39. The first-order chi connectivity index (χ1) is 11.3.